The number of hydrogen-bond acceptors (Lipinski definition) is 2. The molecule has 2 aromatic rings. The summed E-state index contributed by atoms with van der Waals surface area (Å²) in [5.74, 6) is -0.318. The molecule has 0 radical (unpaired) electrons. The van der Waals surface area contributed by atoms with Gasteiger partial charge in [0.15, 0.2) is 11.4 Å². The smallest absolute Gasteiger partial charge is 0.169 e. The zero-order chi connectivity index (χ0) is 11.1. The molecule has 0 spiro atoms. The molecule has 1 N–H and O–H groups in total. The average Bonchev–Trinajstić information content (AvgIpc) is 2.97. The predicted octanol–water partition coefficient (Wildman–Crippen LogP) is 3.59. The summed E-state index contributed by atoms with van der Waals surface area (Å²) in [6, 6.07) is 3.96. The van der Waals surface area contributed by atoms with E-state index in [1.165, 1.54) is 18.9 Å². The number of nitrogens with one attached hydrogen (secondary N) is 1. The largest absolute Gasteiger partial charge is 0.461 e. The maximum Gasteiger partial charge on any atom is 0.169 e. The standard InChI is InChI=1S/C12H11BrFNO/c13-8-3-10-7(5-15-9-1-2-9)6-16-12(10)11(14)4-8/h3-4,6,9,15H,1-2,5H2. The summed E-state index contributed by atoms with van der Waals surface area (Å²) in [4.78, 5) is 0. The second-order valence-electron chi connectivity index (χ2n) is 4.18. The Morgan fingerprint density at radius 2 is 2.25 bits per heavy atom. The third-order valence-electron chi connectivity index (χ3n) is 2.83. The summed E-state index contributed by atoms with van der Waals surface area (Å²) in [6.07, 6.45) is 4.12. The van der Waals surface area contributed by atoms with Crippen LogP contribution in [0.25, 0.3) is 11.0 Å². The Labute approximate surface area is 101 Å². The zero-order valence-electron chi connectivity index (χ0n) is 8.59. The average molecular weight is 284 g/mol. The number of furan rings is 1. The van der Waals surface area contributed by atoms with Gasteiger partial charge in [0.1, 0.15) is 0 Å². The van der Waals surface area contributed by atoms with Gasteiger partial charge in [-0.3, -0.25) is 0 Å². The Morgan fingerprint density at radius 3 is 3.00 bits per heavy atom. The highest BCUT2D eigenvalue weighted by atomic mass is 79.9. The van der Waals surface area contributed by atoms with Gasteiger partial charge >= 0.3 is 0 Å². The van der Waals surface area contributed by atoms with Crippen molar-refractivity contribution in [3.8, 4) is 0 Å². The minimum atomic E-state index is -0.318. The van der Waals surface area contributed by atoms with Gasteiger partial charge in [0, 0.05) is 28.0 Å². The second kappa shape index (κ2) is 3.86. The van der Waals surface area contributed by atoms with Crippen molar-refractivity contribution in [3.05, 3.63) is 34.2 Å². The molecule has 3 rings (SSSR count). The summed E-state index contributed by atoms with van der Waals surface area (Å²) in [5.41, 5.74) is 1.36. The van der Waals surface area contributed by atoms with E-state index in [9.17, 15) is 4.39 Å². The monoisotopic (exact) mass is 283 g/mol. The SMILES string of the molecule is Fc1cc(Br)cc2c(CNC3CC3)coc12. The summed E-state index contributed by atoms with van der Waals surface area (Å²) in [6.45, 7) is 0.744. The number of hydrogen-bond donors (Lipinski definition) is 1. The molecule has 16 heavy (non-hydrogen) atoms. The minimum absolute atomic E-state index is 0.318. The van der Waals surface area contributed by atoms with E-state index in [4.69, 9.17) is 4.42 Å². The van der Waals surface area contributed by atoms with E-state index in [2.05, 4.69) is 21.2 Å². The summed E-state index contributed by atoms with van der Waals surface area (Å²) >= 11 is 3.29. The van der Waals surface area contributed by atoms with Crippen molar-refractivity contribution in [2.75, 3.05) is 0 Å². The highest BCUT2D eigenvalue weighted by Gasteiger charge is 2.21. The molecule has 1 aromatic carbocycles. The normalized spacial score (nSPS) is 15.9. The van der Waals surface area contributed by atoms with E-state index < -0.39 is 0 Å². The van der Waals surface area contributed by atoms with Gasteiger partial charge in [-0.1, -0.05) is 15.9 Å². The zero-order valence-corrected chi connectivity index (χ0v) is 10.2. The third-order valence-corrected chi connectivity index (χ3v) is 3.29. The summed E-state index contributed by atoms with van der Waals surface area (Å²) in [7, 11) is 0. The van der Waals surface area contributed by atoms with Crippen molar-refractivity contribution >= 4 is 26.9 Å². The fourth-order valence-corrected chi connectivity index (χ4v) is 2.22. The fourth-order valence-electron chi connectivity index (χ4n) is 1.79. The van der Waals surface area contributed by atoms with E-state index in [0.29, 0.717) is 11.6 Å². The first kappa shape index (κ1) is 10.3. The number of halogens is 2. The van der Waals surface area contributed by atoms with Gasteiger partial charge in [0.25, 0.3) is 0 Å². The van der Waals surface area contributed by atoms with Crippen LogP contribution in [0.1, 0.15) is 18.4 Å². The molecule has 0 unspecified atom stereocenters. The van der Waals surface area contributed by atoms with Crippen LogP contribution in [-0.2, 0) is 6.54 Å². The molecule has 1 aromatic heterocycles. The molecule has 1 aliphatic rings. The number of rotatable bonds is 3. The molecule has 0 amide bonds. The first-order valence-corrected chi connectivity index (χ1v) is 6.12. The Bertz CT molecular complexity index is 533. The van der Waals surface area contributed by atoms with Crippen molar-refractivity contribution in [3.63, 3.8) is 0 Å². The summed E-state index contributed by atoms with van der Waals surface area (Å²) < 4.78 is 19.5. The van der Waals surface area contributed by atoms with Gasteiger partial charge in [-0.05, 0) is 25.0 Å². The van der Waals surface area contributed by atoms with Gasteiger partial charge in [0.2, 0.25) is 0 Å². The van der Waals surface area contributed by atoms with Gasteiger partial charge in [0.05, 0.1) is 6.26 Å². The topological polar surface area (TPSA) is 25.2 Å². The first-order chi connectivity index (χ1) is 7.74. The molecule has 1 aliphatic carbocycles. The van der Waals surface area contributed by atoms with Crippen molar-refractivity contribution in [1.82, 2.24) is 5.32 Å². The van der Waals surface area contributed by atoms with Crippen LogP contribution in [0.15, 0.2) is 27.3 Å². The maximum absolute atomic E-state index is 13.5. The maximum atomic E-state index is 13.5. The molecule has 1 saturated carbocycles. The van der Waals surface area contributed by atoms with Crippen LogP contribution in [0.4, 0.5) is 4.39 Å². The van der Waals surface area contributed by atoms with Gasteiger partial charge < -0.3 is 9.73 Å². The molecule has 4 heteroatoms. The number of benzene rings is 1. The summed E-state index contributed by atoms with van der Waals surface area (Å²) in [5, 5.41) is 4.24. The van der Waals surface area contributed by atoms with E-state index >= 15 is 0 Å². The lowest BCUT2D eigenvalue weighted by atomic mass is 10.1. The van der Waals surface area contributed by atoms with Crippen molar-refractivity contribution in [2.24, 2.45) is 0 Å². The second-order valence-corrected chi connectivity index (χ2v) is 5.10. The van der Waals surface area contributed by atoms with Crippen molar-refractivity contribution in [2.45, 2.75) is 25.4 Å². The molecule has 2 nitrogen and oxygen atoms in total. The molecule has 0 atom stereocenters. The molecular formula is C12H11BrFNO. The lowest BCUT2D eigenvalue weighted by Crippen LogP contribution is -2.14. The first-order valence-electron chi connectivity index (χ1n) is 5.32. The highest BCUT2D eigenvalue weighted by molar-refractivity contribution is 9.10. The van der Waals surface area contributed by atoms with Crippen LogP contribution < -0.4 is 5.32 Å². The molecule has 1 heterocycles. The van der Waals surface area contributed by atoms with Gasteiger partial charge in [-0.2, -0.15) is 0 Å². The van der Waals surface area contributed by atoms with Gasteiger partial charge in [-0.15, -0.1) is 0 Å². The van der Waals surface area contributed by atoms with Crippen LogP contribution in [-0.4, -0.2) is 6.04 Å². The van der Waals surface area contributed by atoms with Gasteiger partial charge in [-0.25, -0.2) is 4.39 Å². The Hall–Kier alpha value is -0.870. The Morgan fingerprint density at radius 1 is 1.44 bits per heavy atom. The highest BCUT2D eigenvalue weighted by Crippen LogP contribution is 2.28. The molecule has 0 aliphatic heterocycles. The van der Waals surface area contributed by atoms with Crippen molar-refractivity contribution < 1.29 is 8.81 Å². The lowest BCUT2D eigenvalue weighted by molar-refractivity contribution is 0.555. The van der Waals surface area contributed by atoms with E-state index in [0.717, 1.165) is 22.0 Å². The molecule has 1 fully saturated rings. The minimum Gasteiger partial charge on any atom is -0.461 e. The molecular weight excluding hydrogens is 273 g/mol. The molecule has 0 bridgehead atoms. The quantitative estimate of drug-likeness (QED) is 0.931. The Balaban J connectivity index is 1.97. The van der Waals surface area contributed by atoms with E-state index in [1.807, 2.05) is 6.07 Å². The van der Waals surface area contributed by atoms with Crippen LogP contribution in [0.2, 0.25) is 0 Å². The van der Waals surface area contributed by atoms with E-state index in [-0.39, 0.29) is 5.82 Å². The van der Waals surface area contributed by atoms with Crippen LogP contribution in [0.3, 0.4) is 0 Å². The lowest BCUT2D eigenvalue weighted by Gasteiger charge is -2.00. The van der Waals surface area contributed by atoms with E-state index in [1.54, 1.807) is 6.26 Å². The number of fused-ring (bicyclic) bond motifs is 1. The van der Waals surface area contributed by atoms with Crippen LogP contribution in [0.5, 0.6) is 0 Å². The van der Waals surface area contributed by atoms with Crippen LogP contribution in [0, 0.1) is 5.82 Å². The third kappa shape index (κ3) is 1.87. The van der Waals surface area contributed by atoms with Crippen LogP contribution >= 0.6 is 15.9 Å². The Kier molecular flexibility index (Phi) is 2.48. The predicted molar refractivity (Wildman–Crippen MR) is 63.7 cm³/mol. The van der Waals surface area contributed by atoms with Crippen molar-refractivity contribution in [1.29, 1.82) is 0 Å². The molecule has 0 saturated heterocycles. The fraction of sp³-hybridized carbons (Fsp3) is 0.333. The molecule has 84 valence electrons.